The van der Waals surface area contributed by atoms with E-state index in [9.17, 15) is 0 Å². The molecule has 2 heterocycles. The molecular formula is C15H26N4O2. The minimum atomic E-state index is -0.00755. The van der Waals surface area contributed by atoms with Gasteiger partial charge in [0.15, 0.2) is 6.23 Å². The van der Waals surface area contributed by atoms with Crippen LogP contribution in [0.25, 0.3) is 0 Å². The Morgan fingerprint density at radius 3 is 2.76 bits per heavy atom. The zero-order valence-electron chi connectivity index (χ0n) is 13.3. The maximum atomic E-state index is 6.02. The SMILES string of the molecule is CN.CN1CCC2(C)C3=C(CC=CC(ON)=C3)N(C)C2O1. The summed E-state index contributed by atoms with van der Waals surface area (Å²) in [6.45, 7) is 3.19. The average molecular weight is 294 g/mol. The molecule has 6 nitrogen and oxygen atoms in total. The number of nitrogens with zero attached hydrogens (tertiary/aromatic N) is 2. The van der Waals surface area contributed by atoms with Crippen molar-refractivity contribution in [1.82, 2.24) is 9.96 Å². The monoisotopic (exact) mass is 294 g/mol. The van der Waals surface area contributed by atoms with Gasteiger partial charge in [-0.3, -0.25) is 4.84 Å². The Morgan fingerprint density at radius 2 is 2.10 bits per heavy atom. The smallest absolute Gasteiger partial charge is 0.160 e. The number of rotatable bonds is 1. The molecule has 118 valence electrons. The van der Waals surface area contributed by atoms with Gasteiger partial charge >= 0.3 is 0 Å². The molecule has 6 heteroatoms. The average Bonchev–Trinajstić information content (AvgIpc) is 2.68. The summed E-state index contributed by atoms with van der Waals surface area (Å²) < 4.78 is 0. The Bertz CT molecular complexity index is 486. The zero-order chi connectivity index (χ0) is 15.6. The van der Waals surface area contributed by atoms with Crippen LogP contribution in [0.5, 0.6) is 0 Å². The van der Waals surface area contributed by atoms with Gasteiger partial charge in [0, 0.05) is 38.2 Å². The van der Waals surface area contributed by atoms with Gasteiger partial charge in [-0.2, -0.15) is 11.0 Å². The summed E-state index contributed by atoms with van der Waals surface area (Å²) in [5.74, 6) is 6.04. The highest BCUT2D eigenvalue weighted by atomic mass is 16.7. The number of allylic oxidation sites excluding steroid dienone is 3. The molecule has 0 saturated carbocycles. The lowest BCUT2D eigenvalue weighted by atomic mass is 9.78. The predicted octanol–water partition coefficient (Wildman–Crippen LogP) is 1.09. The third kappa shape index (κ3) is 2.60. The number of nitrogens with two attached hydrogens (primary N) is 2. The van der Waals surface area contributed by atoms with E-state index in [0.29, 0.717) is 5.76 Å². The molecule has 2 unspecified atom stereocenters. The van der Waals surface area contributed by atoms with Crippen molar-refractivity contribution in [3.05, 3.63) is 35.3 Å². The van der Waals surface area contributed by atoms with E-state index in [1.54, 1.807) is 0 Å². The molecule has 0 radical (unpaired) electrons. The van der Waals surface area contributed by atoms with Crippen LogP contribution in [0, 0.1) is 5.41 Å². The van der Waals surface area contributed by atoms with Crippen LogP contribution < -0.4 is 11.6 Å². The molecule has 0 spiro atoms. The van der Waals surface area contributed by atoms with E-state index >= 15 is 0 Å². The van der Waals surface area contributed by atoms with Gasteiger partial charge in [-0.15, -0.1) is 0 Å². The molecule has 1 aliphatic carbocycles. The maximum absolute atomic E-state index is 6.02. The first kappa shape index (κ1) is 16.0. The molecule has 3 rings (SSSR count). The van der Waals surface area contributed by atoms with Gasteiger partial charge in [0.1, 0.15) is 5.76 Å². The van der Waals surface area contributed by atoms with Crippen LogP contribution in [0.15, 0.2) is 35.3 Å². The lowest BCUT2D eigenvalue weighted by molar-refractivity contribution is -0.269. The molecule has 3 aliphatic rings. The molecule has 4 N–H and O–H groups in total. The Kier molecular flexibility index (Phi) is 4.73. The van der Waals surface area contributed by atoms with E-state index in [1.165, 1.54) is 18.3 Å². The minimum absolute atomic E-state index is 0.00755. The summed E-state index contributed by atoms with van der Waals surface area (Å²) in [6, 6.07) is 0. The third-order valence-electron chi connectivity index (χ3n) is 4.49. The quantitative estimate of drug-likeness (QED) is 0.705. The summed E-state index contributed by atoms with van der Waals surface area (Å²) in [7, 11) is 5.58. The number of hydrogen-bond donors (Lipinski definition) is 2. The van der Waals surface area contributed by atoms with Gasteiger partial charge in [-0.25, -0.2) is 0 Å². The fraction of sp³-hybridized carbons (Fsp3) is 0.600. The van der Waals surface area contributed by atoms with Crippen LogP contribution in [0.1, 0.15) is 19.8 Å². The standard InChI is InChI=1S/C14H21N3O2.CH5N/c1-14-7-8-16(2)19-13(14)17(3)12-6-4-5-10(18-15)9-11(12)14;1-2/h4-5,9,13H,6-8,15H2,1-3H3;2H2,1H3. The van der Waals surface area contributed by atoms with Gasteiger partial charge < -0.3 is 15.5 Å². The topological polar surface area (TPSA) is 77.0 Å². The molecule has 1 saturated heterocycles. The summed E-state index contributed by atoms with van der Waals surface area (Å²) in [5.41, 5.74) is 7.08. The number of hydroxylamine groups is 2. The highest BCUT2D eigenvalue weighted by Crippen LogP contribution is 2.51. The molecule has 0 amide bonds. The van der Waals surface area contributed by atoms with Crippen molar-refractivity contribution < 1.29 is 9.68 Å². The van der Waals surface area contributed by atoms with E-state index in [-0.39, 0.29) is 11.6 Å². The molecule has 0 aromatic rings. The van der Waals surface area contributed by atoms with Crippen molar-refractivity contribution in [1.29, 1.82) is 0 Å². The van der Waals surface area contributed by atoms with Gasteiger partial charge in [-0.1, -0.05) is 13.0 Å². The Balaban J connectivity index is 0.000000774. The lowest BCUT2D eigenvalue weighted by Crippen LogP contribution is -2.50. The molecule has 2 aliphatic heterocycles. The number of fused-ring (bicyclic) bond motifs is 2. The van der Waals surface area contributed by atoms with Gasteiger partial charge in [0.05, 0.1) is 0 Å². The first-order chi connectivity index (χ1) is 10.1. The van der Waals surface area contributed by atoms with Crippen molar-refractivity contribution in [3.63, 3.8) is 0 Å². The van der Waals surface area contributed by atoms with Crippen molar-refractivity contribution in [2.75, 3.05) is 27.7 Å². The third-order valence-corrected chi connectivity index (χ3v) is 4.49. The van der Waals surface area contributed by atoms with E-state index in [2.05, 4.69) is 36.8 Å². The van der Waals surface area contributed by atoms with Crippen LogP contribution in [-0.4, -0.2) is 43.9 Å². The summed E-state index contributed by atoms with van der Waals surface area (Å²) in [5, 5.41) is 1.93. The molecule has 21 heavy (non-hydrogen) atoms. The van der Waals surface area contributed by atoms with E-state index in [4.69, 9.17) is 15.6 Å². The normalized spacial score (nSPS) is 31.8. The largest absolute Gasteiger partial charge is 0.412 e. The van der Waals surface area contributed by atoms with Gasteiger partial charge in [0.25, 0.3) is 0 Å². The van der Waals surface area contributed by atoms with Crippen molar-refractivity contribution >= 4 is 0 Å². The predicted molar refractivity (Wildman–Crippen MR) is 82.2 cm³/mol. The summed E-state index contributed by atoms with van der Waals surface area (Å²) in [6.07, 6.45) is 8.07. The Morgan fingerprint density at radius 1 is 1.38 bits per heavy atom. The molecule has 0 aromatic carbocycles. The van der Waals surface area contributed by atoms with Crippen molar-refractivity contribution in [2.45, 2.75) is 26.0 Å². The van der Waals surface area contributed by atoms with Crippen molar-refractivity contribution in [3.8, 4) is 0 Å². The summed E-state index contributed by atoms with van der Waals surface area (Å²) in [4.78, 5) is 13.2. The second-order valence-corrected chi connectivity index (χ2v) is 5.72. The second kappa shape index (κ2) is 6.19. The van der Waals surface area contributed by atoms with Crippen LogP contribution >= 0.6 is 0 Å². The number of hydrogen-bond acceptors (Lipinski definition) is 6. The van der Waals surface area contributed by atoms with Crippen LogP contribution in [0.4, 0.5) is 0 Å². The van der Waals surface area contributed by atoms with Crippen molar-refractivity contribution in [2.24, 2.45) is 17.0 Å². The van der Waals surface area contributed by atoms with Gasteiger partial charge in [0.2, 0.25) is 0 Å². The maximum Gasteiger partial charge on any atom is 0.160 e. The van der Waals surface area contributed by atoms with Crippen LogP contribution in [0.3, 0.4) is 0 Å². The van der Waals surface area contributed by atoms with E-state index < -0.39 is 0 Å². The lowest BCUT2D eigenvalue weighted by Gasteiger charge is -2.43. The zero-order valence-corrected chi connectivity index (χ0v) is 13.3. The Hall–Kier alpha value is -1.34. The second-order valence-electron chi connectivity index (χ2n) is 5.72. The van der Waals surface area contributed by atoms with Crippen LogP contribution in [-0.2, 0) is 9.68 Å². The summed E-state index contributed by atoms with van der Waals surface area (Å²) >= 11 is 0. The molecule has 0 bridgehead atoms. The Labute approximate surface area is 126 Å². The first-order valence-electron chi connectivity index (χ1n) is 7.23. The minimum Gasteiger partial charge on any atom is -0.412 e. The molecular weight excluding hydrogens is 268 g/mol. The fourth-order valence-electron chi connectivity index (χ4n) is 3.33. The highest BCUT2D eigenvalue weighted by molar-refractivity contribution is 5.43. The van der Waals surface area contributed by atoms with E-state index in [1.807, 2.05) is 18.2 Å². The van der Waals surface area contributed by atoms with Crippen LogP contribution in [0.2, 0.25) is 0 Å². The fourth-order valence-corrected chi connectivity index (χ4v) is 3.33. The molecule has 1 fully saturated rings. The van der Waals surface area contributed by atoms with E-state index in [0.717, 1.165) is 19.4 Å². The molecule has 0 aromatic heterocycles. The first-order valence-corrected chi connectivity index (χ1v) is 7.23. The molecule has 2 atom stereocenters. The highest BCUT2D eigenvalue weighted by Gasteiger charge is 2.51. The van der Waals surface area contributed by atoms with Gasteiger partial charge in [-0.05, 0) is 31.2 Å².